The highest BCUT2D eigenvalue weighted by atomic mass is 35.5. The average Bonchev–Trinajstić information content (AvgIpc) is 2.77. The van der Waals surface area contributed by atoms with E-state index in [1.165, 1.54) is 0 Å². The van der Waals surface area contributed by atoms with E-state index in [2.05, 4.69) is 31.2 Å². The van der Waals surface area contributed by atoms with E-state index in [-0.39, 0.29) is 16.9 Å². The molecule has 130 valence electrons. The summed E-state index contributed by atoms with van der Waals surface area (Å²) in [5.41, 5.74) is 1.35. The number of hydrogen-bond donors (Lipinski definition) is 1. The molecule has 0 saturated heterocycles. The third-order valence-electron chi connectivity index (χ3n) is 3.64. The van der Waals surface area contributed by atoms with E-state index in [9.17, 15) is 4.79 Å². The predicted molar refractivity (Wildman–Crippen MR) is 97.3 cm³/mol. The Bertz CT molecular complexity index is 742. The SMILES string of the molecule is Cc1onc(-c2ccccc2Cl)c1C(=O)NC(C)(C)CC(C)(C)C. The van der Waals surface area contributed by atoms with Gasteiger partial charge in [0.2, 0.25) is 0 Å². The van der Waals surface area contributed by atoms with E-state index in [1.54, 1.807) is 13.0 Å². The van der Waals surface area contributed by atoms with Crippen molar-refractivity contribution in [2.45, 2.75) is 53.5 Å². The fourth-order valence-corrected chi connectivity index (χ4v) is 3.44. The summed E-state index contributed by atoms with van der Waals surface area (Å²) in [6.07, 6.45) is 0.845. The molecule has 0 aliphatic heterocycles. The molecule has 0 saturated carbocycles. The largest absolute Gasteiger partial charge is 0.360 e. The smallest absolute Gasteiger partial charge is 0.257 e. The molecule has 1 heterocycles. The van der Waals surface area contributed by atoms with Gasteiger partial charge in [-0.05, 0) is 38.7 Å². The molecule has 0 spiro atoms. The van der Waals surface area contributed by atoms with Gasteiger partial charge in [-0.25, -0.2) is 0 Å². The molecule has 5 heteroatoms. The first-order valence-electron chi connectivity index (χ1n) is 8.04. The fraction of sp³-hybridized carbons (Fsp3) is 0.474. The lowest BCUT2D eigenvalue weighted by atomic mass is 9.81. The van der Waals surface area contributed by atoms with Gasteiger partial charge in [0.25, 0.3) is 5.91 Å². The van der Waals surface area contributed by atoms with Crippen LogP contribution in [0.25, 0.3) is 11.3 Å². The number of halogens is 1. The summed E-state index contributed by atoms with van der Waals surface area (Å²) in [7, 11) is 0. The molecule has 24 heavy (non-hydrogen) atoms. The van der Waals surface area contributed by atoms with Crippen LogP contribution >= 0.6 is 11.6 Å². The lowest BCUT2D eigenvalue weighted by Gasteiger charge is -2.33. The van der Waals surface area contributed by atoms with Crippen LogP contribution in [0.4, 0.5) is 0 Å². The minimum atomic E-state index is -0.350. The van der Waals surface area contributed by atoms with Crippen LogP contribution in [0, 0.1) is 12.3 Å². The van der Waals surface area contributed by atoms with Gasteiger partial charge in [0.15, 0.2) is 0 Å². The van der Waals surface area contributed by atoms with Crippen molar-refractivity contribution in [1.29, 1.82) is 0 Å². The Kier molecular flexibility index (Phi) is 5.09. The lowest BCUT2D eigenvalue weighted by molar-refractivity contribution is 0.0890. The Labute approximate surface area is 148 Å². The third-order valence-corrected chi connectivity index (χ3v) is 3.97. The second kappa shape index (κ2) is 6.60. The summed E-state index contributed by atoms with van der Waals surface area (Å²) in [5, 5.41) is 7.69. The van der Waals surface area contributed by atoms with Crippen LogP contribution in [-0.2, 0) is 0 Å². The number of rotatable bonds is 4. The van der Waals surface area contributed by atoms with Crippen molar-refractivity contribution in [2.24, 2.45) is 5.41 Å². The Morgan fingerprint density at radius 2 is 1.83 bits per heavy atom. The maximum absolute atomic E-state index is 12.9. The molecule has 0 aliphatic carbocycles. The zero-order chi connectivity index (χ0) is 18.1. The number of benzene rings is 1. The lowest BCUT2D eigenvalue weighted by Crippen LogP contribution is -2.46. The molecule has 1 N–H and O–H groups in total. The first kappa shape index (κ1) is 18.5. The van der Waals surface area contributed by atoms with Gasteiger partial charge in [-0.1, -0.05) is 55.7 Å². The van der Waals surface area contributed by atoms with E-state index < -0.39 is 0 Å². The number of amides is 1. The number of aromatic nitrogens is 1. The highest BCUT2D eigenvalue weighted by Gasteiger charge is 2.30. The molecule has 2 rings (SSSR count). The molecule has 2 aromatic rings. The molecule has 0 atom stereocenters. The van der Waals surface area contributed by atoms with E-state index in [4.69, 9.17) is 16.1 Å². The fourth-order valence-electron chi connectivity index (χ4n) is 3.22. The van der Waals surface area contributed by atoms with Gasteiger partial charge in [-0.2, -0.15) is 0 Å². The van der Waals surface area contributed by atoms with Gasteiger partial charge < -0.3 is 9.84 Å². The van der Waals surface area contributed by atoms with Crippen LogP contribution < -0.4 is 5.32 Å². The number of carbonyl (C=O) groups is 1. The van der Waals surface area contributed by atoms with E-state index in [0.29, 0.717) is 27.6 Å². The molecule has 0 bridgehead atoms. The maximum Gasteiger partial charge on any atom is 0.257 e. The molecule has 0 aliphatic rings. The maximum atomic E-state index is 12.9. The van der Waals surface area contributed by atoms with Crippen molar-refractivity contribution in [3.05, 3.63) is 40.6 Å². The molecule has 0 fully saturated rings. The normalized spacial score (nSPS) is 12.3. The van der Waals surface area contributed by atoms with Crippen LogP contribution in [0.2, 0.25) is 5.02 Å². The number of aryl methyl sites for hydroxylation is 1. The van der Waals surface area contributed by atoms with E-state index in [1.807, 2.05) is 32.0 Å². The summed E-state index contributed by atoms with van der Waals surface area (Å²) >= 11 is 6.25. The van der Waals surface area contributed by atoms with Gasteiger partial charge in [0, 0.05) is 11.1 Å². The summed E-state index contributed by atoms with van der Waals surface area (Å²) in [6, 6.07) is 7.30. The number of nitrogens with one attached hydrogen (secondary N) is 1. The van der Waals surface area contributed by atoms with Gasteiger partial charge in [-0.3, -0.25) is 4.79 Å². The van der Waals surface area contributed by atoms with Crippen molar-refractivity contribution in [3.63, 3.8) is 0 Å². The van der Waals surface area contributed by atoms with Gasteiger partial charge >= 0.3 is 0 Å². The van der Waals surface area contributed by atoms with Gasteiger partial charge in [0.05, 0.1) is 5.02 Å². The molecule has 1 aromatic carbocycles. The Balaban J connectivity index is 2.35. The molecular weight excluding hydrogens is 324 g/mol. The zero-order valence-corrected chi connectivity index (χ0v) is 15.9. The average molecular weight is 349 g/mol. The van der Waals surface area contributed by atoms with Crippen LogP contribution in [0.5, 0.6) is 0 Å². The second-order valence-electron chi connectivity index (χ2n) is 8.02. The summed E-state index contributed by atoms with van der Waals surface area (Å²) < 4.78 is 5.27. The van der Waals surface area contributed by atoms with Crippen molar-refractivity contribution in [2.75, 3.05) is 0 Å². The predicted octanol–water partition coefficient (Wildman–Crippen LogP) is 5.25. The second-order valence-corrected chi connectivity index (χ2v) is 8.42. The molecule has 1 amide bonds. The van der Waals surface area contributed by atoms with Crippen molar-refractivity contribution in [3.8, 4) is 11.3 Å². The Morgan fingerprint density at radius 3 is 2.42 bits per heavy atom. The van der Waals surface area contributed by atoms with Gasteiger partial charge in [0.1, 0.15) is 17.0 Å². The molecule has 0 radical (unpaired) electrons. The minimum Gasteiger partial charge on any atom is -0.360 e. The molecule has 1 aromatic heterocycles. The first-order valence-corrected chi connectivity index (χ1v) is 8.42. The molecular formula is C19H25ClN2O2. The summed E-state index contributed by atoms with van der Waals surface area (Å²) in [5.74, 6) is 0.284. The minimum absolute atomic E-state index is 0.103. The van der Waals surface area contributed by atoms with Crippen molar-refractivity contribution < 1.29 is 9.32 Å². The molecule has 4 nitrogen and oxygen atoms in total. The van der Waals surface area contributed by atoms with E-state index >= 15 is 0 Å². The molecule has 0 unspecified atom stereocenters. The summed E-state index contributed by atoms with van der Waals surface area (Å²) in [4.78, 5) is 12.9. The number of carbonyl (C=O) groups excluding carboxylic acids is 1. The standard InChI is InChI=1S/C19H25ClN2O2/c1-12-15(17(23)21-19(5,6)11-18(2,3)4)16(22-24-12)13-9-7-8-10-14(13)20/h7-10H,11H2,1-6H3,(H,21,23). The monoisotopic (exact) mass is 348 g/mol. The highest BCUT2D eigenvalue weighted by molar-refractivity contribution is 6.33. The quantitative estimate of drug-likeness (QED) is 0.821. The van der Waals surface area contributed by atoms with Crippen LogP contribution in [0.15, 0.2) is 28.8 Å². The Hall–Kier alpha value is -1.81. The number of nitrogens with zero attached hydrogens (tertiary/aromatic N) is 1. The van der Waals surface area contributed by atoms with Crippen LogP contribution in [0.1, 0.15) is 57.2 Å². The zero-order valence-electron chi connectivity index (χ0n) is 15.2. The van der Waals surface area contributed by atoms with Gasteiger partial charge in [-0.15, -0.1) is 0 Å². The Morgan fingerprint density at radius 1 is 1.21 bits per heavy atom. The topological polar surface area (TPSA) is 55.1 Å². The third kappa shape index (κ3) is 4.38. The van der Waals surface area contributed by atoms with Crippen molar-refractivity contribution >= 4 is 17.5 Å². The van der Waals surface area contributed by atoms with Crippen LogP contribution in [-0.4, -0.2) is 16.6 Å². The van der Waals surface area contributed by atoms with Crippen LogP contribution in [0.3, 0.4) is 0 Å². The van der Waals surface area contributed by atoms with Crippen molar-refractivity contribution in [1.82, 2.24) is 10.5 Å². The van der Waals surface area contributed by atoms with E-state index in [0.717, 1.165) is 6.42 Å². The number of hydrogen-bond acceptors (Lipinski definition) is 3. The highest BCUT2D eigenvalue weighted by Crippen LogP contribution is 2.32. The summed E-state index contributed by atoms with van der Waals surface area (Å²) in [6.45, 7) is 12.2. The first-order chi connectivity index (χ1) is 11.0.